The lowest BCUT2D eigenvalue weighted by Gasteiger charge is -2.07. The molecule has 0 aliphatic heterocycles. The topological polar surface area (TPSA) is 64.1 Å². The Labute approximate surface area is 164 Å². The molecule has 3 rings (SSSR count). The number of benzene rings is 1. The van der Waals surface area contributed by atoms with Gasteiger partial charge in [-0.3, -0.25) is 4.79 Å². The van der Waals surface area contributed by atoms with Gasteiger partial charge in [-0.05, 0) is 24.3 Å². The van der Waals surface area contributed by atoms with Gasteiger partial charge < -0.3 is 10.1 Å². The molecule has 2 aromatic heterocycles. The minimum atomic E-state index is -0.118. The number of halogens is 1. The molecule has 0 fully saturated rings. The SMILES string of the molecule is CC(C)c1nc(CC(=O)Nc2ccc(Oc3cccc(Br)c3)nc2)cs1. The number of carbonyl (C=O) groups excluding carboxylic acids is 1. The van der Waals surface area contributed by atoms with Crippen molar-refractivity contribution in [3.8, 4) is 11.6 Å². The number of anilines is 1. The Kier molecular flexibility index (Phi) is 6.00. The van der Waals surface area contributed by atoms with Crippen LogP contribution in [0.1, 0.15) is 30.5 Å². The molecule has 0 atom stereocenters. The lowest BCUT2D eigenvalue weighted by molar-refractivity contribution is -0.115. The first-order chi connectivity index (χ1) is 12.5. The summed E-state index contributed by atoms with van der Waals surface area (Å²) < 4.78 is 6.61. The molecular formula is C19H18BrN3O2S. The van der Waals surface area contributed by atoms with Crippen molar-refractivity contribution in [3.05, 3.63) is 63.1 Å². The van der Waals surface area contributed by atoms with E-state index in [1.54, 1.807) is 29.7 Å². The summed E-state index contributed by atoms with van der Waals surface area (Å²) in [6.07, 6.45) is 1.82. The number of hydrogen-bond donors (Lipinski definition) is 1. The standard InChI is InChI=1S/C19H18BrN3O2S/c1-12(2)19-23-15(11-26-19)9-17(24)22-14-6-7-18(21-10-14)25-16-5-3-4-13(20)8-16/h3-8,10-12H,9H2,1-2H3,(H,22,24). The Hall–Kier alpha value is -2.25. The number of thiazole rings is 1. The van der Waals surface area contributed by atoms with Crippen molar-refractivity contribution >= 4 is 38.9 Å². The van der Waals surface area contributed by atoms with Gasteiger partial charge in [-0.2, -0.15) is 0 Å². The van der Waals surface area contributed by atoms with Gasteiger partial charge in [0.05, 0.1) is 29.0 Å². The van der Waals surface area contributed by atoms with Crippen LogP contribution in [0.25, 0.3) is 0 Å². The highest BCUT2D eigenvalue weighted by Gasteiger charge is 2.10. The summed E-state index contributed by atoms with van der Waals surface area (Å²) in [7, 11) is 0. The predicted octanol–water partition coefficient (Wildman–Crippen LogP) is 5.40. The molecule has 0 aliphatic carbocycles. The fourth-order valence-corrected chi connectivity index (χ4v) is 3.42. The smallest absolute Gasteiger partial charge is 0.230 e. The molecule has 134 valence electrons. The van der Waals surface area contributed by atoms with Crippen molar-refractivity contribution in [1.82, 2.24) is 9.97 Å². The van der Waals surface area contributed by atoms with E-state index in [0.29, 0.717) is 23.2 Å². The van der Waals surface area contributed by atoms with Crippen LogP contribution in [0.3, 0.4) is 0 Å². The highest BCUT2D eigenvalue weighted by Crippen LogP contribution is 2.24. The third-order valence-corrected chi connectivity index (χ3v) is 5.13. The summed E-state index contributed by atoms with van der Waals surface area (Å²) in [5, 5.41) is 5.81. The maximum Gasteiger partial charge on any atom is 0.230 e. The number of ether oxygens (including phenoxy) is 1. The molecule has 0 bridgehead atoms. The van der Waals surface area contributed by atoms with Crippen LogP contribution in [0, 0.1) is 0 Å². The number of rotatable bonds is 6. The van der Waals surface area contributed by atoms with Gasteiger partial charge in [-0.1, -0.05) is 35.8 Å². The second kappa shape index (κ2) is 8.42. The highest BCUT2D eigenvalue weighted by molar-refractivity contribution is 9.10. The van der Waals surface area contributed by atoms with Gasteiger partial charge in [0.1, 0.15) is 5.75 Å². The summed E-state index contributed by atoms with van der Waals surface area (Å²) in [4.78, 5) is 20.9. The van der Waals surface area contributed by atoms with Crippen molar-refractivity contribution < 1.29 is 9.53 Å². The Morgan fingerprint density at radius 3 is 2.81 bits per heavy atom. The van der Waals surface area contributed by atoms with E-state index in [-0.39, 0.29) is 12.3 Å². The van der Waals surface area contributed by atoms with Gasteiger partial charge in [-0.25, -0.2) is 9.97 Å². The number of carbonyl (C=O) groups is 1. The first-order valence-corrected chi connectivity index (χ1v) is 9.80. The molecule has 1 amide bonds. The summed E-state index contributed by atoms with van der Waals surface area (Å²) in [6, 6.07) is 11.0. The Morgan fingerprint density at radius 2 is 2.15 bits per heavy atom. The van der Waals surface area contributed by atoms with Crippen molar-refractivity contribution in [2.75, 3.05) is 5.32 Å². The van der Waals surface area contributed by atoms with Crippen LogP contribution in [-0.2, 0) is 11.2 Å². The van der Waals surface area contributed by atoms with Crippen LogP contribution in [-0.4, -0.2) is 15.9 Å². The zero-order chi connectivity index (χ0) is 18.5. The summed E-state index contributed by atoms with van der Waals surface area (Å²) >= 11 is 4.98. The van der Waals surface area contributed by atoms with Crippen LogP contribution in [0.2, 0.25) is 0 Å². The Morgan fingerprint density at radius 1 is 1.31 bits per heavy atom. The third kappa shape index (κ3) is 5.12. The molecule has 0 aliphatic rings. The van der Waals surface area contributed by atoms with E-state index in [9.17, 15) is 4.79 Å². The third-order valence-electron chi connectivity index (χ3n) is 3.44. The Bertz CT molecular complexity index is 894. The second-order valence-electron chi connectivity index (χ2n) is 6.00. The van der Waals surface area contributed by atoms with Crippen LogP contribution in [0.15, 0.2) is 52.4 Å². The fourth-order valence-electron chi connectivity index (χ4n) is 2.20. The van der Waals surface area contributed by atoms with Crippen molar-refractivity contribution in [3.63, 3.8) is 0 Å². The summed E-state index contributed by atoms with van der Waals surface area (Å²) in [5.74, 6) is 1.40. The lowest BCUT2D eigenvalue weighted by Crippen LogP contribution is -2.14. The van der Waals surface area contributed by atoms with E-state index in [4.69, 9.17) is 4.74 Å². The number of nitrogens with one attached hydrogen (secondary N) is 1. The van der Waals surface area contributed by atoms with E-state index in [1.807, 2.05) is 29.6 Å². The molecule has 0 radical (unpaired) electrons. The number of hydrogen-bond acceptors (Lipinski definition) is 5. The number of pyridine rings is 1. The quantitative estimate of drug-likeness (QED) is 0.567. The summed E-state index contributed by atoms with van der Waals surface area (Å²) in [6.45, 7) is 4.18. The van der Waals surface area contributed by atoms with Crippen molar-refractivity contribution in [1.29, 1.82) is 0 Å². The normalized spacial score (nSPS) is 10.8. The maximum atomic E-state index is 12.2. The van der Waals surface area contributed by atoms with Crippen molar-refractivity contribution in [2.45, 2.75) is 26.2 Å². The fraction of sp³-hybridized carbons (Fsp3) is 0.211. The molecular weight excluding hydrogens is 414 g/mol. The molecule has 5 nitrogen and oxygen atoms in total. The first-order valence-electron chi connectivity index (χ1n) is 8.13. The molecule has 0 saturated heterocycles. The zero-order valence-electron chi connectivity index (χ0n) is 14.4. The average molecular weight is 432 g/mol. The van der Waals surface area contributed by atoms with E-state index < -0.39 is 0 Å². The van der Waals surface area contributed by atoms with Crippen LogP contribution < -0.4 is 10.1 Å². The van der Waals surface area contributed by atoms with Crippen molar-refractivity contribution in [2.24, 2.45) is 0 Å². The summed E-state index contributed by atoms with van der Waals surface area (Å²) in [5.41, 5.74) is 1.41. The molecule has 1 N–H and O–H groups in total. The van der Waals surface area contributed by atoms with Crippen LogP contribution in [0.5, 0.6) is 11.6 Å². The average Bonchev–Trinajstić information content (AvgIpc) is 3.05. The van der Waals surface area contributed by atoms with Gasteiger partial charge >= 0.3 is 0 Å². The van der Waals surface area contributed by atoms with Crippen LogP contribution in [0.4, 0.5) is 5.69 Å². The number of amides is 1. The minimum Gasteiger partial charge on any atom is -0.439 e. The molecule has 2 heterocycles. The molecule has 0 unspecified atom stereocenters. The Balaban J connectivity index is 1.57. The lowest BCUT2D eigenvalue weighted by atomic mass is 10.2. The van der Waals surface area contributed by atoms with Gasteiger partial charge in [0.25, 0.3) is 0 Å². The minimum absolute atomic E-state index is 0.118. The van der Waals surface area contributed by atoms with E-state index in [1.165, 1.54) is 0 Å². The molecule has 1 aromatic carbocycles. The maximum absolute atomic E-state index is 12.2. The van der Waals surface area contributed by atoms with Gasteiger partial charge in [0, 0.05) is 21.8 Å². The zero-order valence-corrected chi connectivity index (χ0v) is 16.8. The number of nitrogens with zero attached hydrogens (tertiary/aromatic N) is 2. The van der Waals surface area contributed by atoms with Crippen LogP contribution >= 0.6 is 27.3 Å². The molecule has 0 spiro atoms. The van der Waals surface area contributed by atoms with E-state index in [0.717, 1.165) is 15.2 Å². The highest BCUT2D eigenvalue weighted by atomic mass is 79.9. The second-order valence-corrected chi connectivity index (χ2v) is 7.81. The molecule has 26 heavy (non-hydrogen) atoms. The molecule has 0 saturated carbocycles. The van der Waals surface area contributed by atoms with E-state index in [2.05, 4.69) is 45.1 Å². The van der Waals surface area contributed by atoms with E-state index >= 15 is 0 Å². The largest absolute Gasteiger partial charge is 0.439 e. The molecule has 7 heteroatoms. The van der Waals surface area contributed by atoms with Gasteiger partial charge in [-0.15, -0.1) is 11.3 Å². The predicted molar refractivity (Wildman–Crippen MR) is 107 cm³/mol. The monoisotopic (exact) mass is 431 g/mol. The molecule has 3 aromatic rings. The van der Waals surface area contributed by atoms with Gasteiger partial charge in [0.15, 0.2) is 0 Å². The number of aromatic nitrogens is 2. The van der Waals surface area contributed by atoms with Gasteiger partial charge in [0.2, 0.25) is 11.8 Å². The first kappa shape index (κ1) is 18.5.